The first-order valence-corrected chi connectivity index (χ1v) is 12.6. The van der Waals surface area contributed by atoms with Crippen molar-refractivity contribution in [2.75, 3.05) is 0 Å². The van der Waals surface area contributed by atoms with Gasteiger partial charge in [0.2, 0.25) is 5.82 Å². The second-order valence-corrected chi connectivity index (χ2v) is 9.51. The number of ether oxygens (including phenoxy) is 1. The number of halogens is 2. The number of hydrogen-bond acceptors (Lipinski definition) is 5. The number of rotatable bonds is 6. The van der Waals surface area contributed by atoms with E-state index in [0.29, 0.717) is 33.6 Å². The van der Waals surface area contributed by atoms with Gasteiger partial charge in [-0.25, -0.2) is 9.37 Å². The summed E-state index contributed by atoms with van der Waals surface area (Å²) in [5.41, 5.74) is 2.33. The summed E-state index contributed by atoms with van der Waals surface area (Å²) in [7, 11) is 0. The van der Waals surface area contributed by atoms with E-state index in [0.717, 1.165) is 15.4 Å². The molecule has 0 amide bonds. The van der Waals surface area contributed by atoms with E-state index in [4.69, 9.17) is 14.1 Å². The Morgan fingerprint density at radius 1 is 0.974 bits per heavy atom. The van der Waals surface area contributed by atoms with E-state index >= 15 is 0 Å². The predicted molar refractivity (Wildman–Crippen MR) is 149 cm³/mol. The van der Waals surface area contributed by atoms with E-state index in [1.54, 1.807) is 48.7 Å². The van der Waals surface area contributed by atoms with Crippen LogP contribution in [0.25, 0.3) is 33.5 Å². The summed E-state index contributed by atoms with van der Waals surface area (Å²) < 4.78 is 27.5. The van der Waals surface area contributed by atoms with Crippen molar-refractivity contribution < 1.29 is 13.5 Å². The van der Waals surface area contributed by atoms with Crippen LogP contribution in [-0.2, 0) is 6.61 Å². The minimum Gasteiger partial charge on any atom is -0.489 e. The summed E-state index contributed by atoms with van der Waals surface area (Å²) in [4.78, 5) is 18.2. The molecule has 2 heterocycles. The number of para-hydroxylation sites is 1. The second kappa shape index (κ2) is 10.1. The molecular weight excluding hydrogens is 549 g/mol. The van der Waals surface area contributed by atoms with E-state index in [1.807, 2.05) is 42.5 Å². The fraction of sp³-hybridized carbons (Fsp3) is 0.0333. The molecule has 0 N–H and O–H groups in total. The molecule has 0 atom stereocenters. The Kier molecular flexibility index (Phi) is 6.31. The number of hydrogen-bond donors (Lipinski definition) is 0. The Morgan fingerprint density at radius 2 is 1.84 bits per heavy atom. The first-order valence-electron chi connectivity index (χ1n) is 11.8. The van der Waals surface area contributed by atoms with Crippen LogP contribution in [-0.4, -0.2) is 15.9 Å². The molecule has 0 spiro atoms. The molecule has 6 rings (SSSR count). The topological polar surface area (TPSA) is 69.6 Å². The van der Waals surface area contributed by atoms with E-state index < -0.39 is 0 Å². The van der Waals surface area contributed by atoms with E-state index in [2.05, 4.69) is 21.0 Å². The van der Waals surface area contributed by atoms with Crippen LogP contribution in [0.5, 0.6) is 5.75 Å². The molecule has 0 aliphatic heterocycles. The van der Waals surface area contributed by atoms with Crippen molar-refractivity contribution in [3.63, 3.8) is 0 Å². The van der Waals surface area contributed by atoms with Gasteiger partial charge in [0, 0.05) is 9.86 Å². The van der Waals surface area contributed by atoms with Gasteiger partial charge in [0.15, 0.2) is 5.76 Å². The van der Waals surface area contributed by atoms with Gasteiger partial charge in [0.05, 0.1) is 17.1 Å². The van der Waals surface area contributed by atoms with Crippen molar-refractivity contribution in [2.45, 2.75) is 6.61 Å². The van der Waals surface area contributed by atoms with Gasteiger partial charge in [-0.3, -0.25) is 4.79 Å². The minimum atomic E-state index is -0.318. The zero-order valence-electron chi connectivity index (χ0n) is 19.8. The molecule has 0 radical (unpaired) electrons. The SMILES string of the molecule is O=c1c2ccccc2nc(-c2cc3cc(Br)ccc3o2)n1N=Cc1cccc(OCc2cccc(F)c2)c1. The molecule has 0 saturated carbocycles. The molecule has 0 saturated heterocycles. The third-order valence-electron chi connectivity index (χ3n) is 5.93. The Balaban J connectivity index is 1.37. The van der Waals surface area contributed by atoms with E-state index in [9.17, 15) is 9.18 Å². The molecule has 2 aromatic heterocycles. The third-order valence-corrected chi connectivity index (χ3v) is 6.42. The first kappa shape index (κ1) is 23.8. The molecule has 186 valence electrons. The summed E-state index contributed by atoms with van der Waals surface area (Å²) in [5, 5.41) is 5.82. The van der Waals surface area contributed by atoms with E-state index in [1.165, 1.54) is 16.8 Å². The molecule has 0 fully saturated rings. The Labute approximate surface area is 224 Å². The fourth-order valence-electron chi connectivity index (χ4n) is 4.12. The summed E-state index contributed by atoms with van der Waals surface area (Å²) >= 11 is 3.48. The number of furan rings is 1. The lowest BCUT2D eigenvalue weighted by molar-refractivity contribution is 0.305. The van der Waals surface area contributed by atoms with Crippen molar-refractivity contribution >= 4 is 44.0 Å². The highest BCUT2D eigenvalue weighted by Crippen LogP contribution is 2.29. The van der Waals surface area contributed by atoms with Gasteiger partial charge in [-0.2, -0.15) is 9.78 Å². The van der Waals surface area contributed by atoms with Gasteiger partial charge >= 0.3 is 0 Å². The highest BCUT2D eigenvalue weighted by molar-refractivity contribution is 9.10. The van der Waals surface area contributed by atoms with Crippen LogP contribution >= 0.6 is 15.9 Å². The van der Waals surface area contributed by atoms with Crippen molar-refractivity contribution in [3.8, 4) is 17.3 Å². The maximum absolute atomic E-state index is 13.5. The number of fused-ring (bicyclic) bond motifs is 2. The second-order valence-electron chi connectivity index (χ2n) is 8.60. The molecule has 8 heteroatoms. The minimum absolute atomic E-state index is 0.221. The maximum Gasteiger partial charge on any atom is 0.282 e. The van der Waals surface area contributed by atoms with Crippen molar-refractivity contribution in [2.24, 2.45) is 5.10 Å². The standard InChI is InChI=1S/C30H19BrFN3O3/c31-22-11-12-27-21(15-22)16-28(38-27)29-34-26-10-2-1-9-25(26)30(36)35(29)33-17-19-5-4-8-24(14-19)37-18-20-6-3-7-23(32)13-20/h1-17H,18H2. The highest BCUT2D eigenvalue weighted by atomic mass is 79.9. The molecule has 0 unspecified atom stereocenters. The molecule has 6 aromatic rings. The highest BCUT2D eigenvalue weighted by Gasteiger charge is 2.16. The van der Waals surface area contributed by atoms with Crippen molar-refractivity contribution in [3.05, 3.63) is 129 Å². The van der Waals surface area contributed by atoms with Crippen LogP contribution in [0.4, 0.5) is 4.39 Å². The van der Waals surface area contributed by atoms with Gasteiger partial charge in [0.25, 0.3) is 5.56 Å². The van der Waals surface area contributed by atoms with Gasteiger partial charge < -0.3 is 9.15 Å². The summed E-state index contributed by atoms with van der Waals surface area (Å²) in [6.45, 7) is 0.221. The van der Waals surface area contributed by atoms with Crippen molar-refractivity contribution in [1.29, 1.82) is 0 Å². The molecule has 38 heavy (non-hydrogen) atoms. The number of benzene rings is 4. The predicted octanol–water partition coefficient (Wildman–Crippen LogP) is 7.17. The zero-order valence-corrected chi connectivity index (χ0v) is 21.4. The normalized spacial score (nSPS) is 11.5. The van der Waals surface area contributed by atoms with Crippen LogP contribution in [0, 0.1) is 5.82 Å². The summed E-state index contributed by atoms with van der Waals surface area (Å²) in [6.07, 6.45) is 1.57. The summed E-state index contributed by atoms with van der Waals surface area (Å²) in [5.74, 6) is 0.987. The largest absolute Gasteiger partial charge is 0.489 e. The molecule has 0 aliphatic carbocycles. The lowest BCUT2D eigenvalue weighted by Gasteiger charge is -2.08. The Morgan fingerprint density at radius 3 is 2.74 bits per heavy atom. The summed E-state index contributed by atoms with van der Waals surface area (Å²) in [6, 6.07) is 28.2. The van der Waals surface area contributed by atoms with Gasteiger partial charge in [-0.05, 0) is 71.8 Å². The van der Waals surface area contributed by atoms with Crippen LogP contribution in [0.1, 0.15) is 11.1 Å². The fourth-order valence-corrected chi connectivity index (χ4v) is 4.50. The molecule has 6 nitrogen and oxygen atoms in total. The molecule has 0 aliphatic rings. The lowest BCUT2D eigenvalue weighted by atomic mass is 10.2. The molecular formula is C30H19BrFN3O3. The average Bonchev–Trinajstić information content (AvgIpc) is 3.35. The van der Waals surface area contributed by atoms with Crippen molar-refractivity contribution in [1.82, 2.24) is 9.66 Å². The van der Waals surface area contributed by atoms with Crippen LogP contribution in [0.2, 0.25) is 0 Å². The monoisotopic (exact) mass is 567 g/mol. The third kappa shape index (κ3) is 4.86. The Bertz CT molecular complexity index is 1890. The quantitative estimate of drug-likeness (QED) is 0.200. The van der Waals surface area contributed by atoms with Crippen LogP contribution in [0.15, 0.2) is 116 Å². The zero-order chi connectivity index (χ0) is 26.1. The number of aromatic nitrogens is 2. The van der Waals surface area contributed by atoms with Gasteiger partial charge in [0.1, 0.15) is 23.8 Å². The Hall–Kier alpha value is -4.56. The van der Waals surface area contributed by atoms with Gasteiger partial charge in [-0.1, -0.05) is 52.3 Å². The smallest absolute Gasteiger partial charge is 0.282 e. The lowest BCUT2D eigenvalue weighted by Crippen LogP contribution is -2.20. The van der Waals surface area contributed by atoms with E-state index in [-0.39, 0.29) is 23.8 Å². The van der Waals surface area contributed by atoms with Crippen LogP contribution < -0.4 is 10.3 Å². The van der Waals surface area contributed by atoms with Crippen LogP contribution in [0.3, 0.4) is 0 Å². The maximum atomic E-state index is 13.5. The average molecular weight is 568 g/mol. The molecule has 0 bridgehead atoms. The number of nitrogens with zero attached hydrogens (tertiary/aromatic N) is 3. The van der Waals surface area contributed by atoms with Gasteiger partial charge in [-0.15, -0.1) is 0 Å². The molecule has 4 aromatic carbocycles. The first-order chi connectivity index (χ1) is 18.5.